The van der Waals surface area contributed by atoms with E-state index in [1.54, 1.807) is 18.2 Å². The van der Waals surface area contributed by atoms with Gasteiger partial charge in [0.1, 0.15) is 5.82 Å². The summed E-state index contributed by atoms with van der Waals surface area (Å²) in [5.41, 5.74) is -0.113. The second-order valence-corrected chi connectivity index (χ2v) is 9.16. The van der Waals surface area contributed by atoms with Gasteiger partial charge in [-0.05, 0) is 24.0 Å². The van der Waals surface area contributed by atoms with Gasteiger partial charge in [0.2, 0.25) is 15.9 Å². The van der Waals surface area contributed by atoms with Gasteiger partial charge in [0.25, 0.3) is 0 Å². The number of nitrogens with one attached hydrogen (secondary N) is 1. The Bertz CT molecular complexity index is 609. The third-order valence-electron chi connectivity index (χ3n) is 2.81. The van der Waals surface area contributed by atoms with Crippen LogP contribution < -0.4 is 4.72 Å². The van der Waals surface area contributed by atoms with Gasteiger partial charge in [0.15, 0.2) is 0 Å². The number of amides is 1. The predicted molar refractivity (Wildman–Crippen MR) is 87.7 cm³/mol. The van der Waals surface area contributed by atoms with Crippen LogP contribution in [0.25, 0.3) is 0 Å². The topological polar surface area (TPSA) is 63.2 Å². The number of sulfonamides is 1. The maximum atomic E-state index is 13.4. The summed E-state index contributed by atoms with van der Waals surface area (Å²) >= 11 is 1.19. The van der Waals surface area contributed by atoms with E-state index >= 15 is 0 Å². The fourth-order valence-corrected chi connectivity index (χ4v) is 3.85. The smallest absolute Gasteiger partial charge is 0.234 e. The van der Waals surface area contributed by atoms with Crippen molar-refractivity contribution in [2.45, 2.75) is 38.5 Å². The Morgan fingerprint density at radius 2 is 1.91 bits per heavy atom. The Balaban J connectivity index is 2.38. The molecule has 1 aromatic rings. The lowest BCUT2D eigenvalue weighted by molar-refractivity contribution is -0.118. The summed E-state index contributed by atoms with van der Waals surface area (Å²) < 4.78 is 39.0. The number of carbonyl (C=O) groups excluding carboxylic acids is 1. The molecule has 0 radical (unpaired) electrons. The third-order valence-corrected chi connectivity index (χ3v) is 5.14. The molecule has 1 rings (SSSR count). The zero-order chi connectivity index (χ0) is 16.8. The van der Waals surface area contributed by atoms with Crippen LogP contribution in [-0.4, -0.2) is 25.8 Å². The van der Waals surface area contributed by atoms with Gasteiger partial charge in [-0.15, -0.1) is 11.8 Å². The highest BCUT2D eigenvalue weighted by Gasteiger charge is 2.19. The predicted octanol–water partition coefficient (Wildman–Crippen LogP) is 3.19. The zero-order valence-electron chi connectivity index (χ0n) is 13.1. The largest absolute Gasteiger partial charge is 0.274 e. The van der Waals surface area contributed by atoms with Crippen LogP contribution in [-0.2, 0) is 14.8 Å². The normalized spacial score (nSPS) is 12.2. The average molecular weight is 347 g/mol. The molecule has 1 N–H and O–H groups in total. The van der Waals surface area contributed by atoms with E-state index in [9.17, 15) is 17.6 Å². The summed E-state index contributed by atoms with van der Waals surface area (Å²) in [6, 6.07) is 6.27. The first-order chi connectivity index (χ1) is 10.1. The molecular weight excluding hydrogens is 325 g/mol. The van der Waals surface area contributed by atoms with Crippen LogP contribution in [0.2, 0.25) is 0 Å². The van der Waals surface area contributed by atoms with E-state index in [0.29, 0.717) is 17.1 Å². The van der Waals surface area contributed by atoms with Crippen LogP contribution in [0.1, 0.15) is 33.6 Å². The number of rotatable bonds is 7. The highest BCUT2D eigenvalue weighted by atomic mass is 32.2. The van der Waals surface area contributed by atoms with Crippen molar-refractivity contribution in [2.24, 2.45) is 5.41 Å². The van der Waals surface area contributed by atoms with E-state index in [2.05, 4.69) is 4.72 Å². The van der Waals surface area contributed by atoms with Gasteiger partial charge in [-0.1, -0.05) is 32.9 Å². The lowest BCUT2D eigenvalue weighted by Crippen LogP contribution is -2.33. The quantitative estimate of drug-likeness (QED) is 0.770. The summed E-state index contributed by atoms with van der Waals surface area (Å²) in [5, 5.41) is 0. The molecule has 1 aromatic carbocycles. The lowest BCUT2D eigenvalue weighted by Gasteiger charge is -2.17. The third kappa shape index (κ3) is 7.79. The van der Waals surface area contributed by atoms with E-state index in [0.717, 1.165) is 0 Å². The number of halogens is 1. The van der Waals surface area contributed by atoms with Crippen molar-refractivity contribution in [3.63, 3.8) is 0 Å². The Kier molecular flexibility index (Phi) is 6.87. The first-order valence-corrected chi connectivity index (χ1v) is 9.63. The van der Waals surface area contributed by atoms with Crippen LogP contribution in [0.15, 0.2) is 29.2 Å². The first kappa shape index (κ1) is 19.0. The van der Waals surface area contributed by atoms with Crippen molar-refractivity contribution in [1.29, 1.82) is 0 Å². The fourth-order valence-electron chi connectivity index (χ4n) is 1.53. The van der Waals surface area contributed by atoms with E-state index in [1.807, 2.05) is 20.8 Å². The molecule has 0 aliphatic carbocycles. The average Bonchev–Trinajstić information content (AvgIpc) is 2.38. The SMILES string of the molecule is CC(C)(C)CCS(=O)(=O)NC(=O)CCSc1ccccc1F. The zero-order valence-corrected chi connectivity index (χ0v) is 14.7. The second kappa shape index (κ2) is 7.97. The Hall–Kier alpha value is -1.08. The molecule has 0 heterocycles. The first-order valence-electron chi connectivity index (χ1n) is 7.00. The highest BCUT2D eigenvalue weighted by Crippen LogP contribution is 2.22. The highest BCUT2D eigenvalue weighted by molar-refractivity contribution is 7.99. The molecular formula is C15H22FNO3S2. The van der Waals surface area contributed by atoms with Crippen LogP contribution >= 0.6 is 11.8 Å². The van der Waals surface area contributed by atoms with Gasteiger partial charge in [-0.25, -0.2) is 12.8 Å². The number of hydrogen-bond acceptors (Lipinski definition) is 4. The standard InChI is InChI=1S/C15H22FNO3S2/c1-15(2,3)9-11-22(19,20)17-14(18)8-10-21-13-7-5-4-6-12(13)16/h4-7H,8-11H2,1-3H3,(H,17,18). The molecule has 0 atom stereocenters. The van der Waals surface area contributed by atoms with Crippen molar-refractivity contribution in [3.8, 4) is 0 Å². The fraction of sp³-hybridized carbons (Fsp3) is 0.533. The number of hydrogen-bond donors (Lipinski definition) is 1. The molecule has 1 amide bonds. The molecule has 0 bridgehead atoms. The molecule has 0 aliphatic rings. The number of benzene rings is 1. The van der Waals surface area contributed by atoms with Crippen LogP contribution in [0, 0.1) is 11.2 Å². The number of thioether (sulfide) groups is 1. The van der Waals surface area contributed by atoms with Gasteiger partial charge < -0.3 is 0 Å². The van der Waals surface area contributed by atoms with E-state index in [1.165, 1.54) is 17.8 Å². The molecule has 0 aliphatic heterocycles. The maximum Gasteiger partial charge on any atom is 0.234 e. The molecule has 4 nitrogen and oxygen atoms in total. The summed E-state index contributed by atoms with van der Waals surface area (Å²) in [5.74, 6) is -0.659. The van der Waals surface area contributed by atoms with Crippen LogP contribution in [0.5, 0.6) is 0 Å². The molecule has 7 heteroatoms. The summed E-state index contributed by atoms with van der Waals surface area (Å²) in [6.45, 7) is 5.82. The summed E-state index contributed by atoms with van der Waals surface area (Å²) in [7, 11) is -3.60. The number of carbonyl (C=O) groups is 1. The van der Waals surface area contributed by atoms with E-state index in [-0.39, 0.29) is 23.4 Å². The molecule has 0 fully saturated rings. The van der Waals surface area contributed by atoms with Crippen LogP contribution in [0.3, 0.4) is 0 Å². The molecule has 0 aromatic heterocycles. The Labute approximate surface area is 135 Å². The van der Waals surface area contributed by atoms with Gasteiger partial charge >= 0.3 is 0 Å². The van der Waals surface area contributed by atoms with Crippen molar-refractivity contribution in [2.75, 3.05) is 11.5 Å². The molecule has 0 unspecified atom stereocenters. The van der Waals surface area contributed by atoms with Crippen molar-refractivity contribution in [1.82, 2.24) is 4.72 Å². The van der Waals surface area contributed by atoms with Crippen molar-refractivity contribution >= 4 is 27.7 Å². The van der Waals surface area contributed by atoms with Crippen LogP contribution in [0.4, 0.5) is 4.39 Å². The monoisotopic (exact) mass is 347 g/mol. The molecule has 0 saturated carbocycles. The van der Waals surface area contributed by atoms with Gasteiger partial charge in [-0.2, -0.15) is 0 Å². The van der Waals surface area contributed by atoms with Gasteiger partial charge in [0.05, 0.1) is 5.75 Å². The van der Waals surface area contributed by atoms with Gasteiger partial charge in [-0.3, -0.25) is 9.52 Å². The maximum absolute atomic E-state index is 13.4. The van der Waals surface area contributed by atoms with Crippen molar-refractivity contribution < 1.29 is 17.6 Å². The van der Waals surface area contributed by atoms with E-state index in [4.69, 9.17) is 0 Å². The summed E-state index contributed by atoms with van der Waals surface area (Å²) in [4.78, 5) is 12.1. The molecule has 0 saturated heterocycles. The minimum atomic E-state index is -3.60. The lowest BCUT2D eigenvalue weighted by atomic mass is 9.94. The van der Waals surface area contributed by atoms with Gasteiger partial charge in [0, 0.05) is 17.1 Å². The van der Waals surface area contributed by atoms with E-state index < -0.39 is 15.9 Å². The summed E-state index contributed by atoms with van der Waals surface area (Å²) in [6.07, 6.45) is 0.493. The Morgan fingerprint density at radius 3 is 2.50 bits per heavy atom. The molecule has 124 valence electrons. The molecule has 0 spiro atoms. The minimum absolute atomic E-state index is 0.0216. The minimum Gasteiger partial charge on any atom is -0.274 e. The second-order valence-electron chi connectivity index (χ2n) is 6.18. The van der Waals surface area contributed by atoms with Crippen molar-refractivity contribution in [3.05, 3.63) is 30.1 Å². The molecule has 22 heavy (non-hydrogen) atoms. The Morgan fingerprint density at radius 1 is 1.27 bits per heavy atom.